The van der Waals surface area contributed by atoms with Crippen LogP contribution in [0.2, 0.25) is 0 Å². The lowest BCUT2D eigenvalue weighted by Crippen LogP contribution is -2.45. The monoisotopic (exact) mass is 196 g/mol. The van der Waals surface area contributed by atoms with Gasteiger partial charge in [0.05, 0.1) is 12.9 Å². The molecular formula is C11H20N2O. The number of rotatable bonds is 5. The van der Waals surface area contributed by atoms with E-state index in [1.165, 1.54) is 13.1 Å². The highest BCUT2D eigenvalue weighted by Crippen LogP contribution is 1.98. The largest absolute Gasteiger partial charge is 0.500 e. The van der Waals surface area contributed by atoms with E-state index in [1.54, 1.807) is 12.3 Å². The van der Waals surface area contributed by atoms with Gasteiger partial charge < -0.3 is 9.64 Å². The van der Waals surface area contributed by atoms with E-state index in [-0.39, 0.29) is 0 Å². The van der Waals surface area contributed by atoms with E-state index in [0.717, 1.165) is 26.2 Å². The molecule has 1 aliphatic heterocycles. The Morgan fingerprint density at radius 3 is 2.64 bits per heavy atom. The lowest BCUT2D eigenvalue weighted by Gasteiger charge is -2.31. The lowest BCUT2D eigenvalue weighted by atomic mass is 10.3. The van der Waals surface area contributed by atoms with E-state index < -0.39 is 0 Å². The fourth-order valence-electron chi connectivity index (χ4n) is 1.43. The van der Waals surface area contributed by atoms with E-state index in [4.69, 9.17) is 4.74 Å². The molecule has 0 aromatic heterocycles. The van der Waals surface area contributed by atoms with Crippen LogP contribution < -0.4 is 0 Å². The molecule has 0 unspecified atom stereocenters. The van der Waals surface area contributed by atoms with Crippen LogP contribution in [0, 0.1) is 0 Å². The maximum Gasteiger partial charge on any atom is 0.1000 e. The van der Waals surface area contributed by atoms with Gasteiger partial charge in [-0.1, -0.05) is 12.7 Å². The van der Waals surface area contributed by atoms with Crippen molar-refractivity contribution in [2.75, 3.05) is 46.4 Å². The fraction of sp³-hybridized carbons (Fsp3) is 0.636. The zero-order valence-corrected chi connectivity index (χ0v) is 8.98. The smallest absolute Gasteiger partial charge is 0.1000 e. The van der Waals surface area contributed by atoms with Gasteiger partial charge in [-0.3, -0.25) is 4.90 Å². The molecular weight excluding hydrogens is 176 g/mol. The summed E-state index contributed by atoms with van der Waals surface area (Å²) in [5.74, 6) is 0. The van der Waals surface area contributed by atoms with Crippen LogP contribution >= 0.6 is 0 Å². The summed E-state index contributed by atoms with van der Waals surface area (Å²) in [6.07, 6.45) is 5.23. The molecule has 3 heteroatoms. The normalized spacial score (nSPS) is 20.1. The first kappa shape index (κ1) is 11.3. The molecule has 1 aliphatic rings. The van der Waals surface area contributed by atoms with Gasteiger partial charge in [0.2, 0.25) is 0 Å². The standard InChI is InChI=1S/C11H20N2O/c1-3-4-10-14-11-9-13-7-5-12(2)6-8-13/h3-4,10H,1,5-9,11H2,2H3/b10-4+. The van der Waals surface area contributed by atoms with Gasteiger partial charge in [-0.05, 0) is 13.1 Å². The van der Waals surface area contributed by atoms with Crippen LogP contribution in [0.4, 0.5) is 0 Å². The zero-order valence-electron chi connectivity index (χ0n) is 8.98. The molecule has 1 saturated heterocycles. The summed E-state index contributed by atoms with van der Waals surface area (Å²) in [5, 5.41) is 0. The third kappa shape index (κ3) is 4.44. The molecule has 14 heavy (non-hydrogen) atoms. The first-order valence-electron chi connectivity index (χ1n) is 5.13. The van der Waals surface area contributed by atoms with Crippen LogP contribution in [0.15, 0.2) is 25.0 Å². The minimum atomic E-state index is 0.772. The average Bonchev–Trinajstić information content (AvgIpc) is 2.21. The summed E-state index contributed by atoms with van der Waals surface area (Å²) in [6.45, 7) is 10.0. The van der Waals surface area contributed by atoms with Crippen molar-refractivity contribution in [3.8, 4) is 0 Å². The van der Waals surface area contributed by atoms with Crippen molar-refractivity contribution in [2.24, 2.45) is 0 Å². The van der Waals surface area contributed by atoms with Crippen LogP contribution in [-0.2, 0) is 4.74 Å². The molecule has 80 valence electrons. The number of piperazine rings is 1. The third-order valence-electron chi connectivity index (χ3n) is 2.43. The molecule has 0 aromatic carbocycles. The van der Waals surface area contributed by atoms with Crippen molar-refractivity contribution in [1.82, 2.24) is 9.80 Å². The van der Waals surface area contributed by atoms with Crippen LogP contribution in [0.3, 0.4) is 0 Å². The SMILES string of the molecule is C=C/C=C/OCCN1CCN(C)CC1. The van der Waals surface area contributed by atoms with Crippen molar-refractivity contribution >= 4 is 0 Å². The van der Waals surface area contributed by atoms with Gasteiger partial charge in [-0.25, -0.2) is 0 Å². The lowest BCUT2D eigenvalue weighted by molar-refractivity contribution is 0.121. The van der Waals surface area contributed by atoms with Gasteiger partial charge in [0, 0.05) is 32.7 Å². The topological polar surface area (TPSA) is 15.7 Å². The molecule has 1 rings (SSSR count). The molecule has 0 saturated carbocycles. The van der Waals surface area contributed by atoms with Gasteiger partial charge in [-0.15, -0.1) is 0 Å². The first-order valence-corrected chi connectivity index (χ1v) is 5.13. The highest BCUT2D eigenvalue weighted by molar-refractivity contribution is 4.92. The molecule has 0 atom stereocenters. The Balaban J connectivity index is 2.01. The molecule has 0 radical (unpaired) electrons. The molecule has 0 spiro atoms. The molecule has 0 bridgehead atoms. The number of allylic oxidation sites excluding steroid dienone is 2. The first-order chi connectivity index (χ1) is 6.83. The highest BCUT2D eigenvalue weighted by Gasteiger charge is 2.12. The Labute approximate surface area is 86.6 Å². The predicted molar refractivity (Wildman–Crippen MR) is 59.2 cm³/mol. The molecule has 3 nitrogen and oxygen atoms in total. The van der Waals surface area contributed by atoms with Crippen molar-refractivity contribution in [3.63, 3.8) is 0 Å². The van der Waals surface area contributed by atoms with Crippen LogP contribution in [0.1, 0.15) is 0 Å². The van der Waals surface area contributed by atoms with Crippen molar-refractivity contribution < 1.29 is 4.74 Å². The Hall–Kier alpha value is -0.800. The molecule has 1 fully saturated rings. The van der Waals surface area contributed by atoms with Gasteiger partial charge in [0.25, 0.3) is 0 Å². The minimum absolute atomic E-state index is 0.772. The maximum absolute atomic E-state index is 5.30. The molecule has 0 aromatic rings. The van der Waals surface area contributed by atoms with E-state index in [1.807, 2.05) is 6.08 Å². The number of likely N-dealkylation sites (N-methyl/N-ethyl adjacent to an activating group) is 1. The van der Waals surface area contributed by atoms with E-state index in [2.05, 4.69) is 23.4 Å². The van der Waals surface area contributed by atoms with Gasteiger partial charge in [-0.2, -0.15) is 0 Å². The molecule has 0 N–H and O–H groups in total. The Morgan fingerprint density at radius 1 is 1.29 bits per heavy atom. The van der Waals surface area contributed by atoms with Crippen molar-refractivity contribution in [2.45, 2.75) is 0 Å². The quantitative estimate of drug-likeness (QED) is 0.370. The average molecular weight is 196 g/mol. The zero-order chi connectivity index (χ0) is 10.2. The van der Waals surface area contributed by atoms with Gasteiger partial charge >= 0.3 is 0 Å². The number of hydrogen-bond donors (Lipinski definition) is 0. The second-order valence-electron chi connectivity index (χ2n) is 3.58. The van der Waals surface area contributed by atoms with Gasteiger partial charge in [0.1, 0.15) is 0 Å². The predicted octanol–water partition coefficient (Wildman–Crippen LogP) is 0.950. The summed E-state index contributed by atoms with van der Waals surface area (Å²) in [5.41, 5.74) is 0. The fourth-order valence-corrected chi connectivity index (χ4v) is 1.43. The van der Waals surface area contributed by atoms with E-state index >= 15 is 0 Å². The second kappa shape index (κ2) is 6.62. The Morgan fingerprint density at radius 2 is 2.00 bits per heavy atom. The van der Waals surface area contributed by atoms with E-state index in [9.17, 15) is 0 Å². The molecule has 0 amide bonds. The van der Waals surface area contributed by atoms with Crippen LogP contribution in [0.25, 0.3) is 0 Å². The number of hydrogen-bond acceptors (Lipinski definition) is 3. The highest BCUT2D eigenvalue weighted by atomic mass is 16.5. The second-order valence-corrected chi connectivity index (χ2v) is 3.58. The summed E-state index contributed by atoms with van der Waals surface area (Å²) in [4.78, 5) is 4.79. The summed E-state index contributed by atoms with van der Waals surface area (Å²) < 4.78 is 5.30. The van der Waals surface area contributed by atoms with Crippen molar-refractivity contribution in [3.05, 3.63) is 25.0 Å². The number of nitrogens with zero attached hydrogens (tertiary/aromatic N) is 2. The van der Waals surface area contributed by atoms with Crippen molar-refractivity contribution in [1.29, 1.82) is 0 Å². The van der Waals surface area contributed by atoms with Gasteiger partial charge in [0.15, 0.2) is 0 Å². The van der Waals surface area contributed by atoms with Crippen LogP contribution in [0.5, 0.6) is 0 Å². The van der Waals surface area contributed by atoms with Crippen LogP contribution in [-0.4, -0.2) is 56.2 Å². The van der Waals surface area contributed by atoms with E-state index in [0.29, 0.717) is 0 Å². The third-order valence-corrected chi connectivity index (χ3v) is 2.43. The molecule has 1 heterocycles. The molecule has 0 aliphatic carbocycles. The summed E-state index contributed by atoms with van der Waals surface area (Å²) >= 11 is 0. The Bertz CT molecular complexity index is 184. The maximum atomic E-state index is 5.30. The number of ether oxygens (including phenoxy) is 1. The minimum Gasteiger partial charge on any atom is -0.500 e. The Kier molecular flexibility index (Phi) is 5.33. The summed E-state index contributed by atoms with van der Waals surface area (Å²) in [7, 11) is 2.17. The summed E-state index contributed by atoms with van der Waals surface area (Å²) in [6, 6.07) is 0.